The molecule has 1 saturated heterocycles. The van der Waals surface area contributed by atoms with E-state index in [0.29, 0.717) is 17.0 Å². The zero-order chi connectivity index (χ0) is 18.5. The van der Waals surface area contributed by atoms with E-state index in [1.807, 2.05) is 6.07 Å². The van der Waals surface area contributed by atoms with Gasteiger partial charge >= 0.3 is 7.12 Å². The summed E-state index contributed by atoms with van der Waals surface area (Å²) >= 11 is 6.10. The van der Waals surface area contributed by atoms with Crippen LogP contribution in [0.4, 0.5) is 0 Å². The molecule has 2 radical (unpaired) electrons. The number of hydrogen-bond acceptors (Lipinski definition) is 5. The summed E-state index contributed by atoms with van der Waals surface area (Å²) in [4.78, 5) is 12.6. The maximum Gasteiger partial charge on any atom is 0.475 e. The van der Waals surface area contributed by atoms with Crippen molar-refractivity contribution >= 4 is 45.1 Å². The molecule has 0 bridgehead atoms. The summed E-state index contributed by atoms with van der Waals surface area (Å²) in [7, 11) is -1.53. The first-order valence-electron chi connectivity index (χ1n) is 8.68. The summed E-state index contributed by atoms with van der Waals surface area (Å²) < 4.78 is 5.48. The van der Waals surface area contributed by atoms with Gasteiger partial charge in [-0.2, -0.15) is 0 Å². The summed E-state index contributed by atoms with van der Waals surface area (Å²) in [5.74, 6) is -0.885. The molecular formula is C17H19BClNO5Si. The molecule has 1 aromatic carbocycles. The molecule has 1 saturated carbocycles. The molecule has 1 aliphatic carbocycles. The van der Waals surface area contributed by atoms with Crippen LogP contribution in [0.2, 0.25) is 10.6 Å². The van der Waals surface area contributed by atoms with Crippen LogP contribution in [0.25, 0.3) is 11.0 Å². The van der Waals surface area contributed by atoms with Crippen molar-refractivity contribution in [1.29, 1.82) is 0 Å². The number of carbonyl (C=O) groups is 1. The van der Waals surface area contributed by atoms with Crippen molar-refractivity contribution in [2.24, 2.45) is 5.92 Å². The maximum atomic E-state index is 12.6. The van der Waals surface area contributed by atoms with Gasteiger partial charge in [-0.15, -0.1) is 0 Å². The van der Waals surface area contributed by atoms with Crippen LogP contribution in [0.15, 0.2) is 28.9 Å². The number of halogens is 1. The highest BCUT2D eigenvalue weighted by Gasteiger charge is 2.54. The molecule has 6 nitrogen and oxygen atoms in total. The van der Waals surface area contributed by atoms with Gasteiger partial charge in [0.05, 0.1) is 32.0 Å². The lowest BCUT2D eigenvalue weighted by Crippen LogP contribution is -2.50. The molecule has 26 heavy (non-hydrogen) atoms. The van der Waals surface area contributed by atoms with Crippen LogP contribution in [-0.2, 0) is 11.2 Å². The van der Waals surface area contributed by atoms with Crippen LogP contribution < -0.4 is 5.32 Å². The lowest BCUT2D eigenvalue weighted by molar-refractivity contribution is -0.121. The Morgan fingerprint density at radius 2 is 2.31 bits per heavy atom. The third-order valence-corrected chi connectivity index (χ3v) is 7.87. The molecule has 1 aromatic heterocycles. The van der Waals surface area contributed by atoms with Crippen molar-refractivity contribution in [3.63, 3.8) is 0 Å². The molecule has 9 heteroatoms. The predicted molar refractivity (Wildman–Crippen MR) is 98.8 cm³/mol. The Balaban J connectivity index is 1.47. The summed E-state index contributed by atoms with van der Waals surface area (Å²) in [5, 5.41) is 33.2. The van der Waals surface area contributed by atoms with Gasteiger partial charge in [-0.25, -0.2) is 0 Å². The SMILES string of the molecule is O=C(N[C@@H](Cc1coc2c(Cl)cccc12)B(O)O)[C@@H]1C[C@H]2CCC2(O)[Si]1. The molecule has 4 rings (SSSR count). The molecule has 2 heterocycles. The van der Waals surface area contributed by atoms with E-state index in [1.54, 1.807) is 12.1 Å². The first kappa shape index (κ1) is 18.1. The lowest BCUT2D eigenvalue weighted by atomic mass is 9.75. The number of amides is 1. The van der Waals surface area contributed by atoms with Gasteiger partial charge in [-0.3, -0.25) is 4.79 Å². The minimum atomic E-state index is -1.70. The van der Waals surface area contributed by atoms with Gasteiger partial charge in [0.2, 0.25) is 5.91 Å². The first-order chi connectivity index (χ1) is 12.4. The fraction of sp³-hybridized carbons (Fsp3) is 0.471. The van der Waals surface area contributed by atoms with E-state index in [1.165, 1.54) is 6.26 Å². The Hall–Kier alpha value is -1.32. The van der Waals surface area contributed by atoms with Gasteiger partial charge in [0.15, 0.2) is 5.58 Å². The topological polar surface area (TPSA) is 103 Å². The number of hydrogen-bond donors (Lipinski definition) is 4. The van der Waals surface area contributed by atoms with E-state index in [9.17, 15) is 19.9 Å². The van der Waals surface area contributed by atoms with Crippen LogP contribution >= 0.6 is 11.6 Å². The highest BCUT2D eigenvalue weighted by molar-refractivity contribution is 6.50. The van der Waals surface area contributed by atoms with Crippen LogP contribution in [0.1, 0.15) is 24.8 Å². The number of aliphatic hydroxyl groups is 1. The van der Waals surface area contributed by atoms with Crippen LogP contribution in [0.3, 0.4) is 0 Å². The Morgan fingerprint density at radius 1 is 1.50 bits per heavy atom. The zero-order valence-electron chi connectivity index (χ0n) is 14.0. The first-order valence-corrected chi connectivity index (χ1v) is 10.1. The minimum absolute atomic E-state index is 0.168. The molecule has 4 atom stereocenters. The van der Waals surface area contributed by atoms with E-state index in [-0.39, 0.29) is 33.3 Å². The number of nitrogens with one attached hydrogen (secondary N) is 1. The van der Waals surface area contributed by atoms with Crippen LogP contribution in [0.5, 0.6) is 0 Å². The molecule has 1 aliphatic heterocycles. The standard InChI is InChI=1S/C17H19BClNO5Si/c19-12-3-1-2-11-9(8-25-15(11)12)6-14(18(23)24)20-16(21)13-7-10-4-5-17(10,22)26-13/h1-3,8,10,13-14,22-24H,4-7H2,(H,20,21)/t10-,13+,14+,17?/m1/s1. The van der Waals surface area contributed by atoms with Crippen molar-refractivity contribution < 1.29 is 24.4 Å². The fourth-order valence-electron chi connectivity index (χ4n) is 3.93. The van der Waals surface area contributed by atoms with Crippen molar-refractivity contribution in [3.8, 4) is 0 Å². The third kappa shape index (κ3) is 3.10. The average Bonchev–Trinajstić information content (AvgIpc) is 3.09. The number of benzene rings is 1. The number of rotatable bonds is 5. The van der Waals surface area contributed by atoms with Gasteiger partial charge in [-0.1, -0.05) is 23.7 Å². The normalized spacial score (nSPS) is 28.5. The van der Waals surface area contributed by atoms with Gasteiger partial charge in [-0.05, 0) is 43.2 Å². The molecule has 136 valence electrons. The largest absolute Gasteiger partial charge is 0.475 e. The van der Waals surface area contributed by atoms with Crippen molar-refractivity contribution in [1.82, 2.24) is 5.32 Å². The predicted octanol–water partition coefficient (Wildman–Crippen LogP) is 1.12. The molecule has 2 fully saturated rings. The van der Waals surface area contributed by atoms with Crippen molar-refractivity contribution in [2.45, 2.75) is 42.4 Å². The van der Waals surface area contributed by atoms with Gasteiger partial charge < -0.3 is 24.9 Å². The van der Waals surface area contributed by atoms with Crippen molar-refractivity contribution in [3.05, 3.63) is 35.0 Å². The quantitative estimate of drug-likeness (QED) is 0.572. The lowest BCUT2D eigenvalue weighted by Gasteiger charge is -2.39. The van der Waals surface area contributed by atoms with Crippen molar-refractivity contribution in [2.75, 3.05) is 0 Å². The van der Waals surface area contributed by atoms with Crippen LogP contribution in [-0.4, -0.2) is 48.9 Å². The summed E-state index contributed by atoms with van der Waals surface area (Å²) in [6.45, 7) is 0. The van der Waals surface area contributed by atoms with Crippen LogP contribution in [0, 0.1) is 5.92 Å². The van der Waals surface area contributed by atoms with E-state index < -0.39 is 18.3 Å². The van der Waals surface area contributed by atoms with E-state index in [0.717, 1.165) is 23.8 Å². The Labute approximate surface area is 158 Å². The molecule has 4 N–H and O–H groups in total. The monoisotopic (exact) mass is 391 g/mol. The maximum absolute atomic E-state index is 12.6. The second kappa shape index (κ2) is 6.69. The second-order valence-corrected chi connectivity index (χ2v) is 9.46. The van der Waals surface area contributed by atoms with Gasteiger partial charge in [0, 0.05) is 10.9 Å². The Bertz CT molecular complexity index is 846. The van der Waals surface area contributed by atoms with E-state index >= 15 is 0 Å². The minimum Gasteiger partial charge on any atom is -0.462 e. The highest BCUT2D eigenvalue weighted by atomic mass is 35.5. The van der Waals surface area contributed by atoms with E-state index in [2.05, 4.69) is 5.32 Å². The third-order valence-electron chi connectivity index (χ3n) is 5.57. The summed E-state index contributed by atoms with van der Waals surface area (Å²) in [6.07, 6.45) is 4.12. The Kier molecular flexibility index (Phi) is 4.65. The Morgan fingerprint density at radius 3 is 2.92 bits per heavy atom. The fourth-order valence-corrected chi connectivity index (χ4v) is 6.15. The second-order valence-electron chi connectivity index (χ2n) is 7.20. The molecule has 2 aliphatic rings. The van der Waals surface area contributed by atoms with Gasteiger partial charge in [0.25, 0.3) is 0 Å². The average molecular weight is 392 g/mol. The molecule has 1 amide bonds. The molecular weight excluding hydrogens is 373 g/mol. The van der Waals surface area contributed by atoms with Gasteiger partial charge in [0.1, 0.15) is 0 Å². The molecule has 2 aromatic rings. The summed E-state index contributed by atoms with van der Waals surface area (Å²) in [6, 6.07) is 5.36. The zero-order valence-corrected chi connectivity index (χ0v) is 15.7. The number of fused-ring (bicyclic) bond motifs is 2. The number of carbonyl (C=O) groups excluding carboxylic acids is 1. The molecule has 0 spiro atoms. The van der Waals surface area contributed by atoms with E-state index in [4.69, 9.17) is 16.0 Å². The smallest absolute Gasteiger partial charge is 0.462 e. The molecule has 1 unspecified atom stereocenters. The number of para-hydroxylation sites is 1. The number of furan rings is 1. The summed E-state index contributed by atoms with van der Waals surface area (Å²) in [5.41, 5.74) is 1.02. The highest BCUT2D eigenvalue weighted by Crippen LogP contribution is 2.50.